The average molecular weight is 1030 g/mol. The lowest BCUT2D eigenvalue weighted by Gasteiger charge is -2.48. The molecule has 0 saturated carbocycles. The van der Waals surface area contributed by atoms with Crippen molar-refractivity contribution in [3.8, 4) is 0 Å². The van der Waals surface area contributed by atoms with Gasteiger partial charge in [-0.15, -0.1) is 0 Å². The number of carbonyl (C=O) groups excluding carboxylic acids is 2. The van der Waals surface area contributed by atoms with Crippen molar-refractivity contribution in [2.45, 2.75) is 351 Å². The van der Waals surface area contributed by atoms with Gasteiger partial charge in [0.05, 0.1) is 24.0 Å². The van der Waals surface area contributed by atoms with Crippen LogP contribution in [0.2, 0.25) is 0 Å². The maximum absolute atomic E-state index is 14.0. The minimum absolute atomic E-state index is 0.0355. The van der Waals surface area contributed by atoms with Crippen molar-refractivity contribution in [3.05, 3.63) is 0 Å². The van der Waals surface area contributed by atoms with Crippen LogP contribution in [0.5, 0.6) is 0 Å². The van der Waals surface area contributed by atoms with Crippen molar-refractivity contribution in [1.29, 1.82) is 0 Å². The van der Waals surface area contributed by atoms with Crippen molar-refractivity contribution >= 4 is 11.9 Å². The fourth-order valence-electron chi connectivity index (χ4n) is 11.9. The Morgan fingerprint density at radius 2 is 0.534 bits per heavy atom. The third-order valence-corrected chi connectivity index (χ3v) is 18.3. The van der Waals surface area contributed by atoms with Gasteiger partial charge in [0.15, 0.2) is 12.6 Å². The van der Waals surface area contributed by atoms with Gasteiger partial charge in [0.1, 0.15) is 13.2 Å². The fraction of sp³-hybridized carbons (Fsp3) is 0.970. The molecule has 2 rings (SSSR count). The van der Waals surface area contributed by atoms with Gasteiger partial charge in [-0.2, -0.15) is 0 Å². The number of ether oxygens (including phenoxy) is 5. The van der Waals surface area contributed by atoms with Crippen LogP contribution in [0.25, 0.3) is 0 Å². The van der Waals surface area contributed by atoms with Crippen molar-refractivity contribution in [1.82, 2.24) is 0 Å². The monoisotopic (exact) mass is 1030 g/mol. The minimum Gasteiger partial charge on any atom is -0.463 e. The summed E-state index contributed by atoms with van der Waals surface area (Å²) in [6.07, 6.45) is 48.6. The lowest BCUT2D eigenvalue weighted by Crippen LogP contribution is -2.53. The van der Waals surface area contributed by atoms with Crippen LogP contribution in [0.15, 0.2) is 0 Å². The van der Waals surface area contributed by atoms with Gasteiger partial charge in [-0.1, -0.05) is 300 Å². The van der Waals surface area contributed by atoms with E-state index in [2.05, 4.69) is 69.2 Å². The van der Waals surface area contributed by atoms with Gasteiger partial charge in [-0.25, -0.2) is 0 Å². The van der Waals surface area contributed by atoms with E-state index in [9.17, 15) is 9.59 Å². The Morgan fingerprint density at radius 3 is 0.767 bits per heavy atom. The first-order valence-electron chi connectivity index (χ1n) is 32.8. The molecule has 2 fully saturated rings. The van der Waals surface area contributed by atoms with Crippen LogP contribution in [0.4, 0.5) is 0 Å². The highest BCUT2D eigenvalue weighted by Crippen LogP contribution is 2.41. The molecule has 0 aromatic heterocycles. The van der Waals surface area contributed by atoms with Crippen molar-refractivity contribution in [2.75, 3.05) is 13.2 Å². The zero-order chi connectivity index (χ0) is 53.3. The third kappa shape index (κ3) is 30.5. The normalized spacial score (nSPS) is 24.4. The highest BCUT2D eigenvalue weighted by molar-refractivity contribution is 5.72. The first kappa shape index (κ1) is 67.9. The summed E-state index contributed by atoms with van der Waals surface area (Å²) >= 11 is 0. The van der Waals surface area contributed by atoms with E-state index in [1.165, 1.54) is 205 Å². The highest BCUT2D eigenvalue weighted by Gasteiger charge is 2.46. The second-order valence-electron chi connectivity index (χ2n) is 24.5. The second-order valence-corrected chi connectivity index (χ2v) is 24.5. The second kappa shape index (κ2) is 44.8. The molecule has 0 aromatic rings. The molecule has 2 aliphatic rings. The van der Waals surface area contributed by atoms with Gasteiger partial charge in [0, 0.05) is 11.8 Å². The third-order valence-electron chi connectivity index (χ3n) is 18.3. The number of esters is 2. The summed E-state index contributed by atoms with van der Waals surface area (Å²) in [6.45, 7) is 23.1. The molecular formula is C66H126O7. The molecule has 0 aromatic carbocycles. The smallest absolute Gasteiger partial charge is 0.309 e. The van der Waals surface area contributed by atoms with Crippen LogP contribution in [0.3, 0.4) is 0 Å². The van der Waals surface area contributed by atoms with E-state index in [0.29, 0.717) is 11.8 Å². The van der Waals surface area contributed by atoms with E-state index in [1.54, 1.807) is 0 Å². The molecule has 7 nitrogen and oxygen atoms in total. The molecule has 73 heavy (non-hydrogen) atoms. The summed E-state index contributed by atoms with van der Waals surface area (Å²) in [5.41, 5.74) is 0. The standard InChI is InChI=1S/C66H126O7/c1-11-15-19-23-27-31-35-39-43-47-59(48-44-40-36-32-28-24-20-16-12-2)63(67)69-51-61-55(7)53(5)57(9)65(71-61)73-66-58(10)54(6)56(8)62(72-66)52-70-64(68)60(49-45-41-37-33-29-25-21-17-13-3)50-46-42-38-34-30-26-22-18-14-4/h53-62,65-66H,11-52H2,1-10H3/t53-,54-,55-,56-,57?,58?,61?,62?,65+,66+/m0/s1. The molecule has 10 atom stereocenters. The van der Waals surface area contributed by atoms with E-state index in [1.807, 2.05) is 0 Å². The Hall–Kier alpha value is -1.18. The van der Waals surface area contributed by atoms with Gasteiger partial charge >= 0.3 is 11.9 Å². The molecule has 2 saturated heterocycles. The van der Waals surface area contributed by atoms with Crippen LogP contribution in [0.1, 0.15) is 326 Å². The summed E-state index contributed by atoms with van der Waals surface area (Å²) in [5, 5.41) is 0. The fourth-order valence-corrected chi connectivity index (χ4v) is 11.9. The topological polar surface area (TPSA) is 80.3 Å². The van der Waals surface area contributed by atoms with E-state index < -0.39 is 12.6 Å². The number of carbonyl (C=O) groups is 2. The molecule has 0 aliphatic carbocycles. The molecule has 4 unspecified atom stereocenters. The number of hydrogen-bond donors (Lipinski definition) is 0. The number of rotatable bonds is 48. The summed E-state index contributed by atoms with van der Waals surface area (Å²) in [4.78, 5) is 27.9. The molecule has 2 aliphatic heterocycles. The van der Waals surface area contributed by atoms with Gasteiger partial charge < -0.3 is 23.7 Å². The highest BCUT2D eigenvalue weighted by atomic mass is 16.8. The number of hydrogen-bond acceptors (Lipinski definition) is 7. The van der Waals surface area contributed by atoms with Gasteiger partial charge in [0.2, 0.25) is 0 Å². The summed E-state index contributed by atoms with van der Waals surface area (Å²) in [6, 6.07) is 0. The Labute approximate surface area is 454 Å². The van der Waals surface area contributed by atoms with E-state index in [0.717, 1.165) is 51.4 Å². The maximum Gasteiger partial charge on any atom is 0.309 e. The Kier molecular flexibility index (Phi) is 41.7. The molecule has 0 bridgehead atoms. The van der Waals surface area contributed by atoms with Crippen molar-refractivity contribution in [3.63, 3.8) is 0 Å². The Bertz CT molecular complexity index is 1140. The summed E-state index contributed by atoms with van der Waals surface area (Å²) < 4.78 is 33.0. The zero-order valence-corrected chi connectivity index (χ0v) is 50.5. The molecule has 0 spiro atoms. The van der Waals surface area contributed by atoms with Gasteiger partial charge in [-0.3, -0.25) is 9.59 Å². The molecule has 2 heterocycles. The van der Waals surface area contributed by atoms with Crippen LogP contribution in [-0.4, -0.2) is 49.9 Å². The lowest BCUT2D eigenvalue weighted by molar-refractivity contribution is -0.344. The van der Waals surface area contributed by atoms with Crippen molar-refractivity contribution in [2.24, 2.45) is 47.3 Å². The molecule has 0 radical (unpaired) electrons. The van der Waals surface area contributed by atoms with Crippen LogP contribution >= 0.6 is 0 Å². The zero-order valence-electron chi connectivity index (χ0n) is 50.5. The lowest BCUT2D eigenvalue weighted by atomic mass is 9.78. The van der Waals surface area contributed by atoms with Gasteiger partial charge in [0.25, 0.3) is 0 Å². The largest absolute Gasteiger partial charge is 0.463 e. The van der Waals surface area contributed by atoms with Crippen molar-refractivity contribution < 1.29 is 33.3 Å². The molecule has 432 valence electrons. The Balaban J connectivity index is 2.01. The molecule has 7 heteroatoms. The first-order chi connectivity index (χ1) is 35.5. The predicted octanol–water partition coefficient (Wildman–Crippen LogP) is 20.3. The summed E-state index contributed by atoms with van der Waals surface area (Å²) in [7, 11) is 0. The van der Waals surface area contributed by atoms with Crippen LogP contribution in [-0.2, 0) is 33.3 Å². The molecule has 0 N–H and O–H groups in total. The Morgan fingerprint density at radius 1 is 0.315 bits per heavy atom. The SMILES string of the molecule is CCCCCCCCCCCC(CCCCCCCCCCC)C(=O)OCC1O[C@H](O[C@H]2OC(COC(=O)C(CCCCCCCCCCC)CCCCCCCCCCC)[C@@H](C)[C@H](C)C2C)C(C)[C@@H](C)[C@@H]1C. The van der Waals surface area contributed by atoms with Gasteiger partial charge in [-0.05, 0) is 49.4 Å². The van der Waals surface area contributed by atoms with Crippen LogP contribution in [0, 0.1) is 47.3 Å². The predicted molar refractivity (Wildman–Crippen MR) is 310 cm³/mol. The maximum atomic E-state index is 14.0. The first-order valence-corrected chi connectivity index (χ1v) is 32.8. The van der Waals surface area contributed by atoms with E-state index >= 15 is 0 Å². The number of unbranched alkanes of at least 4 members (excludes halogenated alkanes) is 32. The molecule has 0 amide bonds. The minimum atomic E-state index is -0.483. The van der Waals surface area contributed by atoms with E-state index in [4.69, 9.17) is 23.7 Å². The molecular weight excluding hydrogens is 905 g/mol. The average Bonchev–Trinajstić information content (AvgIpc) is 3.39. The van der Waals surface area contributed by atoms with Crippen LogP contribution < -0.4 is 0 Å². The van der Waals surface area contributed by atoms with E-state index in [-0.39, 0.29) is 72.9 Å². The quantitative estimate of drug-likeness (QED) is 0.0444. The summed E-state index contributed by atoms with van der Waals surface area (Å²) in [5.74, 6) is 1.17.